The van der Waals surface area contributed by atoms with Crippen LogP contribution in [-0.4, -0.2) is 43.0 Å². The molecule has 2 heterocycles. The molecule has 1 fully saturated rings. The summed E-state index contributed by atoms with van der Waals surface area (Å²) in [7, 11) is 3.46. The van der Waals surface area contributed by atoms with Gasteiger partial charge >= 0.3 is 0 Å². The summed E-state index contributed by atoms with van der Waals surface area (Å²) in [5.41, 5.74) is 1.59. The van der Waals surface area contributed by atoms with Crippen molar-refractivity contribution in [2.24, 2.45) is 0 Å². The van der Waals surface area contributed by atoms with Crippen molar-refractivity contribution in [2.75, 3.05) is 32.1 Å². The van der Waals surface area contributed by atoms with Crippen LogP contribution in [-0.2, 0) is 0 Å². The van der Waals surface area contributed by atoms with E-state index in [1.807, 2.05) is 50.4 Å². The lowest BCUT2D eigenvalue weighted by Gasteiger charge is -2.26. The van der Waals surface area contributed by atoms with E-state index in [2.05, 4.69) is 9.88 Å². The van der Waals surface area contributed by atoms with E-state index in [1.54, 1.807) is 18.2 Å². The fourth-order valence-electron chi connectivity index (χ4n) is 3.25. The van der Waals surface area contributed by atoms with Crippen LogP contribution in [0.5, 0.6) is 5.75 Å². The second-order valence-electron chi connectivity index (χ2n) is 6.43. The molecule has 5 heteroatoms. The molecule has 1 aliphatic rings. The number of anilines is 1. The largest absolute Gasteiger partial charge is 0.496 e. The molecular formula is C20H25N3O2. The van der Waals surface area contributed by atoms with Crippen LogP contribution in [0.25, 0.3) is 0 Å². The number of methoxy groups -OCH3 is 1. The van der Waals surface area contributed by atoms with Crippen LogP contribution in [0, 0.1) is 0 Å². The van der Waals surface area contributed by atoms with Gasteiger partial charge in [0.1, 0.15) is 11.6 Å². The van der Waals surface area contributed by atoms with Crippen LogP contribution >= 0.6 is 0 Å². The zero-order valence-electron chi connectivity index (χ0n) is 15.1. The van der Waals surface area contributed by atoms with Crippen molar-refractivity contribution in [3.63, 3.8) is 0 Å². The Hall–Kier alpha value is -2.56. The molecule has 0 N–H and O–H groups in total. The van der Waals surface area contributed by atoms with Crippen molar-refractivity contribution in [1.82, 2.24) is 9.88 Å². The SMILES string of the molecule is COc1ccccc1C(C)N(C)C(=O)c1ccc(N2CCCC2)nc1. The second-order valence-corrected chi connectivity index (χ2v) is 6.43. The molecule has 1 saturated heterocycles. The van der Waals surface area contributed by atoms with Crippen LogP contribution in [0.15, 0.2) is 42.6 Å². The molecule has 1 amide bonds. The number of para-hydroxylation sites is 1. The van der Waals surface area contributed by atoms with Crippen molar-refractivity contribution in [3.05, 3.63) is 53.7 Å². The van der Waals surface area contributed by atoms with Crippen LogP contribution in [0.2, 0.25) is 0 Å². The average Bonchev–Trinajstić information content (AvgIpc) is 3.21. The van der Waals surface area contributed by atoms with Gasteiger partial charge in [0.05, 0.1) is 18.7 Å². The monoisotopic (exact) mass is 339 g/mol. The van der Waals surface area contributed by atoms with Crippen LogP contribution < -0.4 is 9.64 Å². The van der Waals surface area contributed by atoms with Gasteiger partial charge in [0.15, 0.2) is 0 Å². The number of pyridine rings is 1. The Morgan fingerprint density at radius 2 is 1.92 bits per heavy atom. The highest BCUT2D eigenvalue weighted by Gasteiger charge is 2.22. The summed E-state index contributed by atoms with van der Waals surface area (Å²) < 4.78 is 5.42. The molecule has 1 atom stereocenters. The Bertz CT molecular complexity index is 724. The molecule has 0 spiro atoms. The Morgan fingerprint density at radius 1 is 1.20 bits per heavy atom. The average molecular weight is 339 g/mol. The summed E-state index contributed by atoms with van der Waals surface area (Å²) in [6, 6.07) is 11.5. The van der Waals surface area contributed by atoms with Gasteiger partial charge in [-0.25, -0.2) is 4.98 Å². The van der Waals surface area contributed by atoms with Crippen molar-refractivity contribution < 1.29 is 9.53 Å². The quantitative estimate of drug-likeness (QED) is 0.836. The summed E-state index contributed by atoms with van der Waals surface area (Å²) >= 11 is 0. The predicted molar refractivity (Wildman–Crippen MR) is 99.2 cm³/mol. The molecule has 5 nitrogen and oxygen atoms in total. The molecule has 1 aromatic heterocycles. The van der Waals surface area contributed by atoms with Crippen molar-refractivity contribution >= 4 is 11.7 Å². The number of amides is 1. The van der Waals surface area contributed by atoms with E-state index in [-0.39, 0.29) is 11.9 Å². The number of rotatable bonds is 5. The maximum absolute atomic E-state index is 12.8. The molecule has 132 valence electrons. The Balaban J connectivity index is 1.75. The molecule has 0 bridgehead atoms. The third-order valence-electron chi connectivity index (χ3n) is 4.92. The fourth-order valence-corrected chi connectivity index (χ4v) is 3.25. The molecule has 2 aromatic rings. The van der Waals surface area contributed by atoms with E-state index >= 15 is 0 Å². The molecule has 0 radical (unpaired) electrons. The second kappa shape index (κ2) is 7.55. The number of nitrogens with zero attached hydrogens (tertiary/aromatic N) is 3. The first-order chi connectivity index (χ1) is 12.1. The highest BCUT2D eigenvalue weighted by molar-refractivity contribution is 5.94. The minimum atomic E-state index is -0.0955. The molecule has 3 rings (SSSR count). The van der Waals surface area contributed by atoms with E-state index in [1.165, 1.54) is 12.8 Å². The smallest absolute Gasteiger partial charge is 0.255 e. The normalized spacial score (nSPS) is 15.1. The fraction of sp³-hybridized carbons (Fsp3) is 0.400. The minimum absolute atomic E-state index is 0.0427. The number of aromatic nitrogens is 1. The minimum Gasteiger partial charge on any atom is -0.496 e. The third kappa shape index (κ3) is 3.60. The van der Waals surface area contributed by atoms with Gasteiger partial charge in [0.25, 0.3) is 5.91 Å². The summed E-state index contributed by atoms with van der Waals surface area (Å²) in [5.74, 6) is 1.70. The summed E-state index contributed by atoms with van der Waals surface area (Å²) in [5, 5.41) is 0. The lowest BCUT2D eigenvalue weighted by Crippen LogP contribution is -2.30. The lowest BCUT2D eigenvalue weighted by atomic mass is 10.1. The Kier molecular flexibility index (Phi) is 5.22. The number of hydrogen-bond donors (Lipinski definition) is 0. The highest BCUT2D eigenvalue weighted by Crippen LogP contribution is 2.29. The molecule has 25 heavy (non-hydrogen) atoms. The van der Waals surface area contributed by atoms with Crippen LogP contribution in [0.1, 0.15) is 41.7 Å². The highest BCUT2D eigenvalue weighted by atomic mass is 16.5. The number of carbonyl (C=O) groups is 1. The molecular weight excluding hydrogens is 314 g/mol. The zero-order valence-corrected chi connectivity index (χ0v) is 15.1. The molecule has 0 saturated carbocycles. The van der Waals surface area contributed by atoms with Gasteiger partial charge in [-0.1, -0.05) is 18.2 Å². The van der Waals surface area contributed by atoms with Gasteiger partial charge < -0.3 is 14.5 Å². The van der Waals surface area contributed by atoms with Gasteiger partial charge in [0.2, 0.25) is 0 Å². The van der Waals surface area contributed by atoms with Gasteiger partial charge in [-0.3, -0.25) is 4.79 Å². The summed E-state index contributed by atoms with van der Waals surface area (Å²) in [6.07, 6.45) is 4.10. The Labute approximate surface area is 149 Å². The maximum atomic E-state index is 12.8. The molecule has 1 aliphatic heterocycles. The van der Waals surface area contributed by atoms with E-state index in [0.29, 0.717) is 5.56 Å². The number of ether oxygens (including phenoxy) is 1. The molecule has 1 unspecified atom stereocenters. The third-order valence-corrected chi connectivity index (χ3v) is 4.92. The summed E-state index contributed by atoms with van der Waals surface area (Å²) in [6.45, 7) is 4.10. The van der Waals surface area contributed by atoms with Crippen molar-refractivity contribution in [2.45, 2.75) is 25.8 Å². The van der Waals surface area contributed by atoms with Crippen molar-refractivity contribution in [1.29, 1.82) is 0 Å². The zero-order chi connectivity index (χ0) is 17.8. The van der Waals surface area contributed by atoms with Crippen molar-refractivity contribution in [3.8, 4) is 5.75 Å². The standard InChI is InChI=1S/C20H25N3O2/c1-15(17-8-4-5-9-18(17)25-3)22(2)20(24)16-10-11-19(21-14-16)23-12-6-7-13-23/h4-5,8-11,14-15H,6-7,12-13H2,1-3H3. The molecule has 1 aromatic carbocycles. The van der Waals surface area contributed by atoms with Gasteiger partial charge in [0, 0.05) is 31.9 Å². The number of benzene rings is 1. The first-order valence-corrected chi connectivity index (χ1v) is 8.73. The lowest BCUT2D eigenvalue weighted by molar-refractivity contribution is 0.0740. The van der Waals surface area contributed by atoms with Crippen LogP contribution in [0.3, 0.4) is 0 Å². The van der Waals surface area contributed by atoms with E-state index in [0.717, 1.165) is 30.2 Å². The van der Waals surface area contributed by atoms with E-state index in [4.69, 9.17) is 4.74 Å². The van der Waals surface area contributed by atoms with E-state index in [9.17, 15) is 4.79 Å². The Morgan fingerprint density at radius 3 is 2.56 bits per heavy atom. The summed E-state index contributed by atoms with van der Waals surface area (Å²) in [4.78, 5) is 21.3. The molecule has 0 aliphatic carbocycles. The number of hydrogen-bond acceptors (Lipinski definition) is 4. The predicted octanol–water partition coefficient (Wildman–Crippen LogP) is 3.52. The van der Waals surface area contributed by atoms with Gasteiger partial charge in [-0.15, -0.1) is 0 Å². The van der Waals surface area contributed by atoms with Gasteiger partial charge in [-0.2, -0.15) is 0 Å². The first kappa shape index (κ1) is 17.3. The first-order valence-electron chi connectivity index (χ1n) is 8.73. The maximum Gasteiger partial charge on any atom is 0.255 e. The number of carbonyl (C=O) groups excluding carboxylic acids is 1. The van der Waals surface area contributed by atoms with Gasteiger partial charge in [-0.05, 0) is 38.0 Å². The topological polar surface area (TPSA) is 45.7 Å². The van der Waals surface area contributed by atoms with E-state index < -0.39 is 0 Å². The van der Waals surface area contributed by atoms with Crippen LogP contribution in [0.4, 0.5) is 5.82 Å².